The van der Waals surface area contributed by atoms with Gasteiger partial charge in [-0.1, -0.05) is 109 Å². The van der Waals surface area contributed by atoms with Crippen molar-refractivity contribution in [2.45, 2.75) is 0 Å². The maximum Gasteiger partial charge on any atom is 0.164 e. The summed E-state index contributed by atoms with van der Waals surface area (Å²) < 4.78 is 12.7. The average molecular weight is 566 g/mol. The van der Waals surface area contributed by atoms with Crippen molar-refractivity contribution in [3.05, 3.63) is 140 Å². The minimum atomic E-state index is 0.595. The minimum absolute atomic E-state index is 0.595. The molecule has 9 rings (SSSR count). The van der Waals surface area contributed by atoms with Gasteiger partial charge in [-0.15, -0.1) is 0 Å². The van der Waals surface area contributed by atoms with Crippen LogP contribution in [-0.4, -0.2) is 15.0 Å². The third-order valence-corrected chi connectivity index (χ3v) is 8.14. The Morgan fingerprint density at radius 1 is 0.341 bits per heavy atom. The maximum absolute atomic E-state index is 6.62. The van der Waals surface area contributed by atoms with Crippen molar-refractivity contribution >= 4 is 43.9 Å². The van der Waals surface area contributed by atoms with E-state index in [4.69, 9.17) is 23.8 Å². The summed E-state index contributed by atoms with van der Waals surface area (Å²) in [5, 5.41) is 4.30. The van der Waals surface area contributed by atoms with Crippen molar-refractivity contribution in [3.63, 3.8) is 0 Å². The molecule has 9 aromatic rings. The zero-order chi connectivity index (χ0) is 29.0. The number of benzene rings is 6. The molecule has 0 amide bonds. The van der Waals surface area contributed by atoms with Gasteiger partial charge in [0, 0.05) is 43.8 Å². The van der Waals surface area contributed by atoms with Crippen LogP contribution in [-0.2, 0) is 0 Å². The fraction of sp³-hybridized carbons (Fsp3) is 0. The lowest BCUT2D eigenvalue weighted by atomic mass is 10.00. The Hall–Kier alpha value is -6.07. The molecular weight excluding hydrogens is 542 g/mol. The normalized spacial score (nSPS) is 11.6. The molecule has 3 heterocycles. The van der Waals surface area contributed by atoms with Crippen LogP contribution < -0.4 is 0 Å². The smallest absolute Gasteiger partial charge is 0.164 e. The van der Waals surface area contributed by atoms with Crippen LogP contribution in [0.1, 0.15) is 0 Å². The highest BCUT2D eigenvalue weighted by molar-refractivity contribution is 6.12. The summed E-state index contributed by atoms with van der Waals surface area (Å²) in [6.45, 7) is 0. The number of aromatic nitrogens is 3. The number of para-hydroxylation sites is 2. The first-order chi connectivity index (χ1) is 21.8. The molecule has 5 nitrogen and oxygen atoms in total. The quantitative estimate of drug-likeness (QED) is 0.212. The number of nitrogens with zero attached hydrogens (tertiary/aromatic N) is 3. The van der Waals surface area contributed by atoms with Crippen LogP contribution in [0.15, 0.2) is 148 Å². The summed E-state index contributed by atoms with van der Waals surface area (Å²) in [7, 11) is 0. The minimum Gasteiger partial charge on any atom is -0.456 e. The van der Waals surface area contributed by atoms with E-state index in [2.05, 4.69) is 48.5 Å². The van der Waals surface area contributed by atoms with Crippen LogP contribution in [0.2, 0.25) is 0 Å². The number of hydrogen-bond acceptors (Lipinski definition) is 5. The van der Waals surface area contributed by atoms with E-state index in [1.807, 2.05) is 91.0 Å². The fourth-order valence-electron chi connectivity index (χ4n) is 6.00. The Bertz CT molecular complexity index is 2440. The van der Waals surface area contributed by atoms with Gasteiger partial charge in [-0.05, 0) is 35.9 Å². The first kappa shape index (κ1) is 24.5. The van der Waals surface area contributed by atoms with E-state index in [1.54, 1.807) is 0 Å². The second-order valence-electron chi connectivity index (χ2n) is 10.8. The van der Waals surface area contributed by atoms with E-state index >= 15 is 0 Å². The molecule has 0 atom stereocenters. The van der Waals surface area contributed by atoms with Crippen molar-refractivity contribution in [2.75, 3.05) is 0 Å². The van der Waals surface area contributed by atoms with Gasteiger partial charge in [0.25, 0.3) is 0 Å². The van der Waals surface area contributed by atoms with Crippen molar-refractivity contribution in [1.29, 1.82) is 0 Å². The number of furan rings is 2. The predicted octanol–water partition coefficient (Wildman–Crippen LogP) is 10.3. The van der Waals surface area contributed by atoms with Crippen LogP contribution in [0.25, 0.3) is 89.2 Å². The average Bonchev–Trinajstić information content (AvgIpc) is 3.66. The molecule has 0 N–H and O–H groups in total. The molecule has 0 fully saturated rings. The molecule has 0 spiro atoms. The monoisotopic (exact) mass is 565 g/mol. The lowest BCUT2D eigenvalue weighted by Crippen LogP contribution is -2.00. The molecule has 44 heavy (non-hydrogen) atoms. The molecule has 0 saturated carbocycles. The first-order valence-electron chi connectivity index (χ1n) is 14.5. The van der Waals surface area contributed by atoms with Gasteiger partial charge in [-0.2, -0.15) is 0 Å². The van der Waals surface area contributed by atoms with Gasteiger partial charge in [-0.3, -0.25) is 0 Å². The van der Waals surface area contributed by atoms with Crippen molar-refractivity contribution in [3.8, 4) is 45.3 Å². The number of rotatable bonds is 4. The zero-order valence-electron chi connectivity index (χ0n) is 23.4. The molecule has 0 bridgehead atoms. The van der Waals surface area contributed by atoms with Gasteiger partial charge in [0.1, 0.15) is 22.3 Å². The number of fused-ring (bicyclic) bond motifs is 6. The summed E-state index contributed by atoms with van der Waals surface area (Å²) in [4.78, 5) is 14.6. The molecule has 0 aliphatic carbocycles. The van der Waals surface area contributed by atoms with E-state index < -0.39 is 0 Å². The maximum atomic E-state index is 6.62. The Morgan fingerprint density at radius 2 is 0.932 bits per heavy atom. The first-order valence-corrected chi connectivity index (χ1v) is 14.5. The molecule has 5 heteroatoms. The molecular formula is C39H23N3O2. The lowest BCUT2D eigenvalue weighted by molar-refractivity contribution is 0.668. The molecule has 6 aromatic carbocycles. The molecule has 0 saturated heterocycles. The third kappa shape index (κ3) is 3.98. The molecule has 0 unspecified atom stereocenters. The van der Waals surface area contributed by atoms with E-state index in [0.29, 0.717) is 17.5 Å². The highest BCUT2D eigenvalue weighted by Gasteiger charge is 2.17. The molecule has 0 aliphatic heterocycles. The molecule has 0 radical (unpaired) electrons. The van der Waals surface area contributed by atoms with E-state index in [0.717, 1.165) is 71.7 Å². The van der Waals surface area contributed by atoms with Gasteiger partial charge < -0.3 is 8.83 Å². The van der Waals surface area contributed by atoms with Crippen LogP contribution in [0.5, 0.6) is 0 Å². The summed E-state index contributed by atoms with van der Waals surface area (Å²) >= 11 is 0. The van der Waals surface area contributed by atoms with Crippen molar-refractivity contribution in [1.82, 2.24) is 15.0 Å². The topological polar surface area (TPSA) is 65.0 Å². The summed E-state index contributed by atoms with van der Waals surface area (Å²) in [5.41, 5.74) is 8.23. The Morgan fingerprint density at radius 3 is 1.68 bits per heavy atom. The van der Waals surface area contributed by atoms with Crippen LogP contribution >= 0.6 is 0 Å². The highest BCUT2D eigenvalue weighted by atomic mass is 16.3. The van der Waals surface area contributed by atoms with E-state index in [-0.39, 0.29) is 0 Å². The molecule has 3 aromatic heterocycles. The Balaban J connectivity index is 1.20. The highest BCUT2D eigenvalue weighted by Crippen LogP contribution is 2.39. The van der Waals surface area contributed by atoms with Crippen LogP contribution in [0.3, 0.4) is 0 Å². The largest absolute Gasteiger partial charge is 0.456 e. The second kappa shape index (κ2) is 9.75. The third-order valence-electron chi connectivity index (χ3n) is 8.14. The fourth-order valence-corrected chi connectivity index (χ4v) is 6.00. The van der Waals surface area contributed by atoms with Gasteiger partial charge >= 0.3 is 0 Å². The standard InChI is InChI=1S/C39H23N3O2/c1-3-10-24(11-4-1)37-40-38(25-12-5-2-6-13-25)42-39(41-37)27-18-20-30-31-16-9-15-28(36(31)44-35(30)23-27)26-19-21-34-32(22-26)29-14-7-8-17-33(29)43-34/h1-23H. The Kier molecular flexibility index (Phi) is 5.43. The zero-order valence-corrected chi connectivity index (χ0v) is 23.4. The summed E-state index contributed by atoms with van der Waals surface area (Å²) in [6.07, 6.45) is 0. The van der Waals surface area contributed by atoms with Gasteiger partial charge in [0.05, 0.1) is 0 Å². The van der Waals surface area contributed by atoms with Crippen LogP contribution in [0.4, 0.5) is 0 Å². The van der Waals surface area contributed by atoms with Gasteiger partial charge in [0.15, 0.2) is 17.5 Å². The SMILES string of the molecule is c1ccc(-c2nc(-c3ccccc3)nc(-c3ccc4c(c3)oc3c(-c5ccc6oc7ccccc7c6c5)cccc34)n2)cc1. The van der Waals surface area contributed by atoms with Gasteiger partial charge in [0.2, 0.25) is 0 Å². The number of hydrogen-bond donors (Lipinski definition) is 0. The second-order valence-corrected chi connectivity index (χ2v) is 10.8. The lowest BCUT2D eigenvalue weighted by Gasteiger charge is -2.08. The summed E-state index contributed by atoms with van der Waals surface area (Å²) in [5.74, 6) is 1.85. The summed E-state index contributed by atoms with van der Waals surface area (Å²) in [6, 6.07) is 47.0. The predicted molar refractivity (Wildman–Crippen MR) is 176 cm³/mol. The Labute approximate surface area is 252 Å². The van der Waals surface area contributed by atoms with Gasteiger partial charge in [-0.25, -0.2) is 15.0 Å². The molecule has 206 valence electrons. The van der Waals surface area contributed by atoms with Crippen molar-refractivity contribution in [2.24, 2.45) is 0 Å². The molecule has 0 aliphatic rings. The van der Waals surface area contributed by atoms with Crippen molar-refractivity contribution < 1.29 is 8.83 Å². The van der Waals surface area contributed by atoms with E-state index in [9.17, 15) is 0 Å². The van der Waals surface area contributed by atoms with E-state index in [1.165, 1.54) is 0 Å². The van der Waals surface area contributed by atoms with Crippen LogP contribution in [0, 0.1) is 0 Å².